The van der Waals surface area contributed by atoms with Crippen molar-refractivity contribution in [1.29, 1.82) is 0 Å². The summed E-state index contributed by atoms with van der Waals surface area (Å²) >= 11 is 18.7. The largest absolute Gasteiger partial charge is 0.352 e. The summed E-state index contributed by atoms with van der Waals surface area (Å²) in [4.78, 5) is 27.2. The highest BCUT2D eigenvalue weighted by Crippen LogP contribution is 2.26. The molecule has 2 amide bonds. The molecular weight excluding hydrogens is 419 g/mol. The predicted octanol–water partition coefficient (Wildman–Crippen LogP) is 5.13. The molecule has 0 aromatic heterocycles. The van der Waals surface area contributed by atoms with Gasteiger partial charge in [-0.2, -0.15) is 0 Å². The van der Waals surface area contributed by atoms with Crippen LogP contribution in [0.5, 0.6) is 0 Å². The van der Waals surface area contributed by atoms with Crippen molar-refractivity contribution in [2.45, 2.75) is 45.8 Å². The lowest BCUT2D eigenvalue weighted by atomic mass is 10.1. The van der Waals surface area contributed by atoms with Crippen molar-refractivity contribution < 1.29 is 9.59 Å². The van der Waals surface area contributed by atoms with Gasteiger partial charge in [0.2, 0.25) is 11.8 Å². The Hall–Kier alpha value is -1.75. The van der Waals surface area contributed by atoms with Crippen LogP contribution in [0.25, 0.3) is 0 Å². The van der Waals surface area contributed by atoms with Gasteiger partial charge in [-0.1, -0.05) is 59.1 Å². The van der Waals surface area contributed by atoms with Crippen LogP contribution in [0.4, 0.5) is 0 Å². The van der Waals surface area contributed by atoms with Gasteiger partial charge in [0.05, 0.1) is 6.42 Å². The summed E-state index contributed by atoms with van der Waals surface area (Å²) in [6, 6.07) is 11.6. The maximum atomic E-state index is 13.1. The van der Waals surface area contributed by atoms with Gasteiger partial charge in [-0.15, -0.1) is 0 Å². The van der Waals surface area contributed by atoms with Gasteiger partial charge in [0.1, 0.15) is 6.04 Å². The van der Waals surface area contributed by atoms with Crippen LogP contribution in [0.2, 0.25) is 15.1 Å². The highest BCUT2D eigenvalue weighted by molar-refractivity contribution is 6.36. The topological polar surface area (TPSA) is 49.4 Å². The van der Waals surface area contributed by atoms with Crippen molar-refractivity contribution in [3.05, 3.63) is 68.7 Å². The normalized spacial score (nSPS) is 12.0. The molecule has 4 nitrogen and oxygen atoms in total. The number of nitrogens with one attached hydrogen (secondary N) is 1. The lowest BCUT2D eigenvalue weighted by molar-refractivity contribution is -0.140. The van der Waals surface area contributed by atoms with Crippen LogP contribution < -0.4 is 5.32 Å². The molecule has 0 aliphatic heterocycles. The standard InChI is InChI=1S/C21H23Cl3N2O2/c1-13(2)25-21(28)14(3)26(12-15-7-4-5-8-17(15)22)20(27)11-16-18(23)9-6-10-19(16)24/h4-10,13-14H,11-12H2,1-3H3,(H,25,28). The second-order valence-corrected chi connectivity index (χ2v) is 8.05. The molecule has 0 saturated carbocycles. The first kappa shape index (κ1) is 22.5. The number of rotatable bonds is 7. The van der Waals surface area contributed by atoms with Crippen LogP contribution in [0, 0.1) is 0 Å². The van der Waals surface area contributed by atoms with Gasteiger partial charge in [0, 0.05) is 27.7 Å². The van der Waals surface area contributed by atoms with Gasteiger partial charge in [-0.3, -0.25) is 9.59 Å². The summed E-state index contributed by atoms with van der Waals surface area (Å²) in [7, 11) is 0. The van der Waals surface area contributed by atoms with E-state index in [9.17, 15) is 9.59 Å². The third-order valence-corrected chi connectivity index (χ3v) is 5.36. The van der Waals surface area contributed by atoms with Gasteiger partial charge in [-0.05, 0) is 50.1 Å². The Morgan fingerprint density at radius 1 is 0.929 bits per heavy atom. The van der Waals surface area contributed by atoms with Gasteiger partial charge in [0.25, 0.3) is 0 Å². The first-order valence-electron chi connectivity index (χ1n) is 8.96. The fraction of sp³-hybridized carbons (Fsp3) is 0.333. The summed E-state index contributed by atoms with van der Waals surface area (Å²) in [6.07, 6.45) is -0.0116. The molecule has 28 heavy (non-hydrogen) atoms. The minimum absolute atomic E-state index is 0.0116. The molecule has 0 bridgehead atoms. The van der Waals surface area contributed by atoms with E-state index < -0.39 is 6.04 Å². The quantitative estimate of drug-likeness (QED) is 0.647. The number of nitrogens with zero attached hydrogens (tertiary/aromatic N) is 1. The highest BCUT2D eigenvalue weighted by atomic mass is 35.5. The second kappa shape index (κ2) is 10.1. The maximum Gasteiger partial charge on any atom is 0.242 e. The Balaban J connectivity index is 2.32. The van der Waals surface area contributed by atoms with Crippen molar-refractivity contribution in [2.75, 3.05) is 0 Å². The first-order valence-corrected chi connectivity index (χ1v) is 10.1. The van der Waals surface area contributed by atoms with E-state index in [0.29, 0.717) is 20.6 Å². The van der Waals surface area contributed by atoms with E-state index in [1.165, 1.54) is 4.90 Å². The number of amides is 2. The molecule has 2 aromatic rings. The van der Waals surface area contributed by atoms with Gasteiger partial charge < -0.3 is 10.2 Å². The number of halogens is 3. The average Bonchev–Trinajstić information content (AvgIpc) is 2.63. The summed E-state index contributed by atoms with van der Waals surface area (Å²) < 4.78 is 0. The number of carbonyl (C=O) groups excluding carboxylic acids is 2. The molecule has 2 rings (SSSR count). The number of carbonyl (C=O) groups is 2. The summed E-state index contributed by atoms with van der Waals surface area (Å²) in [6.45, 7) is 5.64. The van der Waals surface area contributed by atoms with Crippen LogP contribution in [0.15, 0.2) is 42.5 Å². The second-order valence-electron chi connectivity index (χ2n) is 6.83. The smallest absolute Gasteiger partial charge is 0.242 e. The van der Waals surface area contributed by atoms with Crippen molar-refractivity contribution in [1.82, 2.24) is 10.2 Å². The number of benzene rings is 2. The zero-order valence-corrected chi connectivity index (χ0v) is 18.3. The molecule has 150 valence electrons. The Bertz CT molecular complexity index is 835. The van der Waals surface area contributed by atoms with E-state index in [2.05, 4.69) is 5.32 Å². The summed E-state index contributed by atoms with van der Waals surface area (Å²) in [5, 5.41) is 4.21. The Labute approximate surface area is 180 Å². The fourth-order valence-corrected chi connectivity index (χ4v) is 3.48. The maximum absolute atomic E-state index is 13.1. The SMILES string of the molecule is CC(C)NC(=O)C(C)N(Cc1ccccc1Cl)C(=O)Cc1c(Cl)cccc1Cl. The van der Waals surface area contributed by atoms with E-state index in [1.807, 2.05) is 32.0 Å². The van der Waals surface area contributed by atoms with Gasteiger partial charge in [-0.25, -0.2) is 0 Å². The molecule has 0 spiro atoms. The van der Waals surface area contributed by atoms with Crippen LogP contribution in [0.1, 0.15) is 31.9 Å². The lowest BCUT2D eigenvalue weighted by Crippen LogP contribution is -2.49. The zero-order chi connectivity index (χ0) is 20.8. The number of hydrogen-bond donors (Lipinski definition) is 1. The third kappa shape index (κ3) is 5.87. The van der Waals surface area contributed by atoms with E-state index in [-0.39, 0.29) is 30.8 Å². The fourth-order valence-electron chi connectivity index (χ4n) is 2.75. The molecule has 1 N–H and O–H groups in total. The average molecular weight is 442 g/mol. The minimum atomic E-state index is -0.688. The van der Waals surface area contributed by atoms with Crippen LogP contribution in [-0.2, 0) is 22.6 Å². The lowest BCUT2D eigenvalue weighted by Gasteiger charge is -2.30. The van der Waals surface area contributed by atoms with Crippen LogP contribution in [0.3, 0.4) is 0 Å². The van der Waals surface area contributed by atoms with Crippen molar-refractivity contribution in [3.8, 4) is 0 Å². The highest BCUT2D eigenvalue weighted by Gasteiger charge is 2.28. The summed E-state index contributed by atoms with van der Waals surface area (Å²) in [5.41, 5.74) is 1.29. The molecule has 0 heterocycles. The Kier molecular flexibility index (Phi) is 8.17. The molecule has 1 atom stereocenters. The van der Waals surface area contributed by atoms with E-state index in [0.717, 1.165) is 5.56 Å². The van der Waals surface area contributed by atoms with Crippen LogP contribution in [-0.4, -0.2) is 28.8 Å². The predicted molar refractivity (Wildman–Crippen MR) is 115 cm³/mol. The third-order valence-electron chi connectivity index (χ3n) is 4.29. The molecule has 0 aliphatic carbocycles. The van der Waals surface area contributed by atoms with Crippen molar-refractivity contribution >= 4 is 46.6 Å². The zero-order valence-electron chi connectivity index (χ0n) is 16.0. The van der Waals surface area contributed by atoms with Crippen LogP contribution >= 0.6 is 34.8 Å². The van der Waals surface area contributed by atoms with Crippen molar-refractivity contribution in [2.24, 2.45) is 0 Å². The molecule has 0 saturated heterocycles. The van der Waals surface area contributed by atoms with Crippen molar-refractivity contribution in [3.63, 3.8) is 0 Å². The molecule has 0 aliphatic rings. The Morgan fingerprint density at radius 3 is 2.07 bits per heavy atom. The molecule has 0 fully saturated rings. The molecule has 2 aromatic carbocycles. The first-order chi connectivity index (χ1) is 13.2. The van der Waals surface area contributed by atoms with E-state index >= 15 is 0 Å². The molecule has 7 heteroatoms. The molecule has 1 unspecified atom stereocenters. The molecule has 0 radical (unpaired) electrons. The summed E-state index contributed by atoms with van der Waals surface area (Å²) in [5.74, 6) is -0.498. The van der Waals surface area contributed by atoms with Gasteiger partial charge in [0.15, 0.2) is 0 Å². The molecular formula is C21H23Cl3N2O2. The number of hydrogen-bond acceptors (Lipinski definition) is 2. The van der Waals surface area contributed by atoms with Gasteiger partial charge >= 0.3 is 0 Å². The van der Waals surface area contributed by atoms with E-state index in [4.69, 9.17) is 34.8 Å². The Morgan fingerprint density at radius 2 is 1.50 bits per heavy atom. The minimum Gasteiger partial charge on any atom is -0.352 e. The monoisotopic (exact) mass is 440 g/mol. The van der Waals surface area contributed by atoms with E-state index in [1.54, 1.807) is 31.2 Å².